The van der Waals surface area contributed by atoms with Gasteiger partial charge in [0.15, 0.2) is 0 Å². The molecular weight excluding hydrogens is 230 g/mol. The molecule has 18 heavy (non-hydrogen) atoms. The van der Waals surface area contributed by atoms with Crippen molar-refractivity contribution in [2.75, 3.05) is 18.0 Å². The fraction of sp³-hybridized carbons (Fsp3) is 0.385. The molecule has 1 aliphatic heterocycles. The van der Waals surface area contributed by atoms with Crippen LogP contribution >= 0.6 is 0 Å². The second-order valence-corrected chi connectivity index (χ2v) is 4.60. The molecule has 1 aliphatic rings. The Kier molecular flexibility index (Phi) is 3.21. The van der Waals surface area contributed by atoms with Crippen molar-refractivity contribution in [2.24, 2.45) is 5.73 Å². The van der Waals surface area contributed by atoms with Gasteiger partial charge in [-0.15, -0.1) is 0 Å². The normalized spacial score (nSPS) is 22.7. The summed E-state index contributed by atoms with van der Waals surface area (Å²) in [5.74, 6) is 0. The van der Waals surface area contributed by atoms with E-state index in [9.17, 15) is 4.79 Å². The summed E-state index contributed by atoms with van der Waals surface area (Å²) in [5, 5.41) is 8.86. The third kappa shape index (κ3) is 2.29. The van der Waals surface area contributed by atoms with Crippen LogP contribution < -0.4 is 10.6 Å². The highest BCUT2D eigenvalue weighted by atomic mass is 16.6. The maximum atomic E-state index is 11.8. The van der Waals surface area contributed by atoms with Gasteiger partial charge in [0.1, 0.15) is 5.60 Å². The van der Waals surface area contributed by atoms with Gasteiger partial charge in [-0.2, -0.15) is 5.26 Å². The summed E-state index contributed by atoms with van der Waals surface area (Å²) in [6.07, 6.45) is 0.230. The average Bonchev–Trinajstić information content (AvgIpc) is 2.65. The van der Waals surface area contributed by atoms with Crippen molar-refractivity contribution in [3.63, 3.8) is 0 Å². The summed E-state index contributed by atoms with van der Waals surface area (Å²) in [6.45, 7) is 2.79. The number of hydrogen-bond acceptors (Lipinski definition) is 4. The highest BCUT2D eigenvalue weighted by molar-refractivity contribution is 5.90. The lowest BCUT2D eigenvalue weighted by Crippen LogP contribution is -2.33. The largest absolute Gasteiger partial charge is 0.441 e. The Bertz CT molecular complexity index is 509. The van der Waals surface area contributed by atoms with E-state index < -0.39 is 5.60 Å². The van der Waals surface area contributed by atoms with Crippen molar-refractivity contribution in [1.29, 1.82) is 5.26 Å². The summed E-state index contributed by atoms with van der Waals surface area (Å²) in [6, 6.07) is 8.96. The first-order valence-electron chi connectivity index (χ1n) is 5.79. The Morgan fingerprint density at radius 2 is 2.39 bits per heavy atom. The fourth-order valence-electron chi connectivity index (χ4n) is 2.07. The first kappa shape index (κ1) is 12.4. The first-order valence-corrected chi connectivity index (χ1v) is 5.79. The highest BCUT2D eigenvalue weighted by Crippen LogP contribution is 2.30. The Morgan fingerprint density at radius 3 is 3.06 bits per heavy atom. The van der Waals surface area contributed by atoms with E-state index in [1.54, 1.807) is 24.3 Å². The lowest BCUT2D eigenvalue weighted by molar-refractivity contribution is 0.0672. The zero-order chi connectivity index (χ0) is 13.2. The number of benzene rings is 1. The van der Waals surface area contributed by atoms with Crippen molar-refractivity contribution in [1.82, 2.24) is 0 Å². The Labute approximate surface area is 106 Å². The Morgan fingerprint density at radius 1 is 1.61 bits per heavy atom. The van der Waals surface area contributed by atoms with Gasteiger partial charge in [0.05, 0.1) is 18.2 Å². The number of hydrogen-bond donors (Lipinski definition) is 1. The van der Waals surface area contributed by atoms with Crippen molar-refractivity contribution < 1.29 is 9.53 Å². The number of nitrogens with zero attached hydrogens (tertiary/aromatic N) is 2. The van der Waals surface area contributed by atoms with Crippen molar-refractivity contribution in [3.05, 3.63) is 29.8 Å². The molecule has 1 amide bonds. The van der Waals surface area contributed by atoms with Crippen LogP contribution in [0.5, 0.6) is 0 Å². The number of anilines is 1. The number of ether oxygens (including phenoxy) is 1. The smallest absolute Gasteiger partial charge is 0.415 e. The van der Waals surface area contributed by atoms with Crippen molar-refractivity contribution in [3.8, 4) is 6.07 Å². The summed E-state index contributed by atoms with van der Waals surface area (Å²) in [4.78, 5) is 13.4. The Hall–Kier alpha value is -2.06. The minimum absolute atomic E-state index is 0.388. The number of nitriles is 1. The predicted octanol–water partition coefficient (Wildman–Crippen LogP) is 1.62. The second kappa shape index (κ2) is 4.67. The van der Waals surface area contributed by atoms with Crippen molar-refractivity contribution in [2.45, 2.75) is 18.9 Å². The quantitative estimate of drug-likeness (QED) is 0.877. The Balaban J connectivity index is 2.24. The van der Waals surface area contributed by atoms with Crippen LogP contribution in [0.4, 0.5) is 10.5 Å². The molecule has 1 unspecified atom stereocenters. The van der Waals surface area contributed by atoms with Crippen LogP contribution in [-0.4, -0.2) is 24.8 Å². The molecule has 2 N–H and O–H groups in total. The molecule has 0 saturated carbocycles. The number of cyclic esters (lactones) is 1. The zero-order valence-corrected chi connectivity index (χ0v) is 10.2. The molecule has 1 aromatic rings. The van der Waals surface area contributed by atoms with Crippen molar-refractivity contribution >= 4 is 11.8 Å². The summed E-state index contributed by atoms with van der Waals surface area (Å²) in [5.41, 5.74) is 6.17. The van der Waals surface area contributed by atoms with Crippen LogP contribution in [0.2, 0.25) is 0 Å². The molecule has 0 bridgehead atoms. The molecule has 1 fully saturated rings. The van der Waals surface area contributed by atoms with Gasteiger partial charge in [0, 0.05) is 12.1 Å². The molecular formula is C13H15N3O2. The third-order valence-corrected chi connectivity index (χ3v) is 3.01. The van der Waals surface area contributed by atoms with Gasteiger partial charge in [-0.3, -0.25) is 4.90 Å². The molecule has 0 radical (unpaired) electrons. The molecule has 2 rings (SSSR count). The zero-order valence-electron chi connectivity index (χ0n) is 10.2. The minimum Gasteiger partial charge on any atom is -0.441 e. The van der Waals surface area contributed by atoms with Gasteiger partial charge in [-0.05, 0) is 31.7 Å². The molecule has 0 aromatic heterocycles. The molecule has 0 spiro atoms. The van der Waals surface area contributed by atoms with Crippen LogP contribution in [0, 0.1) is 11.3 Å². The van der Waals surface area contributed by atoms with Gasteiger partial charge >= 0.3 is 6.09 Å². The standard InChI is InChI=1S/C13H15N3O2/c1-13(5-6-14)9-16(12(17)18-13)11-4-2-3-10(7-11)8-15/h2-4,7H,5-6,9,14H2,1H3. The van der Waals surface area contributed by atoms with E-state index in [1.165, 1.54) is 4.90 Å². The van der Waals surface area contributed by atoms with E-state index in [2.05, 4.69) is 6.07 Å². The van der Waals surface area contributed by atoms with Crippen LogP contribution in [0.3, 0.4) is 0 Å². The van der Waals surface area contributed by atoms with E-state index >= 15 is 0 Å². The van der Waals surface area contributed by atoms with E-state index in [0.29, 0.717) is 30.8 Å². The van der Waals surface area contributed by atoms with E-state index in [4.69, 9.17) is 15.7 Å². The van der Waals surface area contributed by atoms with Gasteiger partial charge in [0.2, 0.25) is 0 Å². The summed E-state index contributed by atoms with van der Waals surface area (Å²) >= 11 is 0. The predicted molar refractivity (Wildman–Crippen MR) is 67.1 cm³/mol. The second-order valence-electron chi connectivity index (χ2n) is 4.60. The SMILES string of the molecule is CC1(CCN)CN(c2cccc(C#N)c2)C(=O)O1. The first-order chi connectivity index (χ1) is 8.58. The maximum Gasteiger partial charge on any atom is 0.415 e. The molecule has 94 valence electrons. The van der Waals surface area contributed by atoms with Crippen LogP contribution in [-0.2, 0) is 4.74 Å². The summed E-state index contributed by atoms with van der Waals surface area (Å²) in [7, 11) is 0. The number of carbonyl (C=O) groups excluding carboxylic acids is 1. The van der Waals surface area contributed by atoms with Gasteiger partial charge in [-0.25, -0.2) is 4.79 Å². The highest BCUT2D eigenvalue weighted by Gasteiger charge is 2.41. The molecule has 5 nitrogen and oxygen atoms in total. The minimum atomic E-state index is -0.547. The lowest BCUT2D eigenvalue weighted by Gasteiger charge is -2.20. The third-order valence-electron chi connectivity index (χ3n) is 3.01. The maximum absolute atomic E-state index is 11.8. The van der Waals surface area contributed by atoms with Gasteiger partial charge < -0.3 is 10.5 Å². The van der Waals surface area contributed by atoms with E-state index in [-0.39, 0.29) is 6.09 Å². The topological polar surface area (TPSA) is 79.4 Å². The molecule has 1 saturated heterocycles. The van der Waals surface area contributed by atoms with E-state index in [0.717, 1.165) is 0 Å². The number of rotatable bonds is 3. The number of amides is 1. The lowest BCUT2D eigenvalue weighted by atomic mass is 10.0. The number of nitrogens with two attached hydrogens (primary N) is 1. The van der Waals surface area contributed by atoms with Crippen LogP contribution in [0.15, 0.2) is 24.3 Å². The van der Waals surface area contributed by atoms with Crippen LogP contribution in [0.1, 0.15) is 18.9 Å². The number of carbonyl (C=O) groups is 1. The molecule has 5 heteroatoms. The molecule has 1 aromatic carbocycles. The average molecular weight is 245 g/mol. The monoisotopic (exact) mass is 245 g/mol. The molecule has 1 atom stereocenters. The van der Waals surface area contributed by atoms with Gasteiger partial charge in [-0.1, -0.05) is 6.07 Å². The van der Waals surface area contributed by atoms with Gasteiger partial charge in [0.25, 0.3) is 0 Å². The summed E-state index contributed by atoms with van der Waals surface area (Å²) < 4.78 is 5.35. The van der Waals surface area contributed by atoms with E-state index in [1.807, 2.05) is 6.92 Å². The molecule has 1 heterocycles. The fourth-order valence-corrected chi connectivity index (χ4v) is 2.07. The van der Waals surface area contributed by atoms with Crippen LogP contribution in [0.25, 0.3) is 0 Å². The molecule has 0 aliphatic carbocycles.